The van der Waals surface area contributed by atoms with E-state index in [1.807, 2.05) is 24.4 Å². The van der Waals surface area contributed by atoms with Crippen molar-refractivity contribution < 1.29 is 13.9 Å². The third-order valence-corrected chi connectivity index (χ3v) is 4.44. The zero-order valence-electron chi connectivity index (χ0n) is 10.7. The molecule has 1 atom stereocenters. The van der Waals surface area contributed by atoms with Gasteiger partial charge in [-0.3, -0.25) is 4.79 Å². The predicted molar refractivity (Wildman–Crippen MR) is 75.0 cm³/mol. The summed E-state index contributed by atoms with van der Waals surface area (Å²) in [5.41, 5.74) is 0. The summed E-state index contributed by atoms with van der Waals surface area (Å²) in [6.07, 6.45) is 0. The summed E-state index contributed by atoms with van der Waals surface area (Å²) in [6, 6.07) is 3.88. The molecule has 2 aromatic heterocycles. The van der Waals surface area contributed by atoms with Crippen molar-refractivity contribution in [2.75, 3.05) is 12.9 Å². The third kappa shape index (κ3) is 3.81. The molecule has 0 saturated carbocycles. The van der Waals surface area contributed by atoms with Crippen LogP contribution < -0.4 is 0 Å². The fourth-order valence-electron chi connectivity index (χ4n) is 1.40. The lowest BCUT2D eigenvalue weighted by molar-refractivity contribution is -0.143. The second kappa shape index (κ2) is 6.72. The molecule has 2 rings (SSSR count). The fourth-order valence-corrected chi connectivity index (χ4v) is 2.95. The first kappa shape index (κ1) is 14.1. The van der Waals surface area contributed by atoms with Crippen LogP contribution in [-0.2, 0) is 15.3 Å². The molecule has 0 aliphatic carbocycles. The molecule has 7 heteroatoms. The number of carbonyl (C=O) groups is 1. The van der Waals surface area contributed by atoms with Crippen molar-refractivity contribution in [3.05, 3.63) is 23.4 Å². The number of aromatic nitrogens is 2. The van der Waals surface area contributed by atoms with Crippen molar-refractivity contribution >= 4 is 29.1 Å². The van der Waals surface area contributed by atoms with E-state index in [-0.39, 0.29) is 11.9 Å². The Balaban J connectivity index is 1.83. The van der Waals surface area contributed by atoms with Crippen molar-refractivity contribution in [2.45, 2.75) is 12.7 Å². The molecule has 2 heterocycles. The summed E-state index contributed by atoms with van der Waals surface area (Å²) in [5.74, 6) is 2.06. The van der Waals surface area contributed by atoms with Crippen LogP contribution in [0.25, 0.3) is 10.8 Å². The van der Waals surface area contributed by atoms with Crippen molar-refractivity contribution in [1.29, 1.82) is 0 Å². The lowest BCUT2D eigenvalue weighted by Crippen LogP contribution is -2.14. The van der Waals surface area contributed by atoms with Crippen LogP contribution in [0, 0.1) is 5.92 Å². The minimum absolute atomic E-state index is 0.130. The van der Waals surface area contributed by atoms with Gasteiger partial charge in [-0.15, -0.1) is 21.5 Å². The van der Waals surface area contributed by atoms with Gasteiger partial charge in [-0.05, 0) is 11.4 Å². The van der Waals surface area contributed by atoms with Gasteiger partial charge < -0.3 is 9.15 Å². The molecule has 0 amide bonds. The van der Waals surface area contributed by atoms with Crippen LogP contribution in [0.2, 0.25) is 0 Å². The summed E-state index contributed by atoms with van der Waals surface area (Å²) < 4.78 is 10.2. The van der Waals surface area contributed by atoms with E-state index in [4.69, 9.17) is 4.42 Å². The minimum Gasteiger partial charge on any atom is -0.469 e. The average molecular weight is 298 g/mol. The summed E-state index contributed by atoms with van der Waals surface area (Å²) in [6.45, 7) is 1.84. The molecule has 0 saturated heterocycles. The quantitative estimate of drug-likeness (QED) is 0.764. The van der Waals surface area contributed by atoms with E-state index in [2.05, 4.69) is 14.9 Å². The molecule has 2 aromatic rings. The largest absolute Gasteiger partial charge is 0.469 e. The van der Waals surface area contributed by atoms with Gasteiger partial charge in [0.05, 0.1) is 23.7 Å². The van der Waals surface area contributed by atoms with Gasteiger partial charge >= 0.3 is 5.97 Å². The lowest BCUT2D eigenvalue weighted by Gasteiger charge is -2.06. The van der Waals surface area contributed by atoms with Crippen molar-refractivity contribution in [2.24, 2.45) is 5.92 Å². The van der Waals surface area contributed by atoms with E-state index in [1.165, 1.54) is 7.11 Å². The Bertz CT molecular complexity index is 525. The smallest absolute Gasteiger partial charge is 0.309 e. The van der Waals surface area contributed by atoms with Gasteiger partial charge in [0.2, 0.25) is 5.89 Å². The predicted octanol–water partition coefficient (Wildman–Crippen LogP) is 2.84. The van der Waals surface area contributed by atoms with Crippen LogP contribution in [0.5, 0.6) is 0 Å². The molecular formula is C12H14N2O3S2. The van der Waals surface area contributed by atoms with Crippen molar-refractivity contribution in [3.8, 4) is 10.8 Å². The Hall–Kier alpha value is -1.34. The number of hydrogen-bond acceptors (Lipinski definition) is 7. The molecule has 0 aliphatic rings. The summed E-state index contributed by atoms with van der Waals surface area (Å²) >= 11 is 3.14. The molecule has 0 unspecified atom stereocenters. The van der Waals surface area contributed by atoms with E-state index in [0.717, 1.165) is 4.88 Å². The van der Waals surface area contributed by atoms with Crippen LogP contribution in [0.3, 0.4) is 0 Å². The van der Waals surface area contributed by atoms with Crippen molar-refractivity contribution in [1.82, 2.24) is 10.2 Å². The molecule has 0 aromatic carbocycles. The Labute approximate surface area is 119 Å². The van der Waals surface area contributed by atoms with Gasteiger partial charge in [-0.25, -0.2) is 0 Å². The zero-order chi connectivity index (χ0) is 13.7. The number of thioether (sulfide) groups is 1. The lowest BCUT2D eigenvalue weighted by atomic mass is 10.2. The number of ether oxygens (including phenoxy) is 1. The van der Waals surface area contributed by atoms with E-state index in [1.54, 1.807) is 23.1 Å². The second-order valence-electron chi connectivity index (χ2n) is 3.92. The molecule has 0 aliphatic heterocycles. The number of thiophene rings is 1. The zero-order valence-corrected chi connectivity index (χ0v) is 12.3. The van der Waals surface area contributed by atoms with Crippen LogP contribution in [0.1, 0.15) is 12.8 Å². The highest BCUT2D eigenvalue weighted by atomic mass is 32.2. The molecule has 0 bridgehead atoms. The number of hydrogen-bond donors (Lipinski definition) is 0. The number of methoxy groups -OCH3 is 1. The molecular weight excluding hydrogens is 284 g/mol. The standard InChI is InChI=1S/C12H14N2O3S2/c1-8(12(15)16-2)6-18-7-10-13-14-11(17-10)9-4-3-5-19-9/h3-5,8H,6-7H2,1-2H3/t8-/m1/s1. The minimum atomic E-state index is -0.197. The molecule has 0 fully saturated rings. The Morgan fingerprint density at radius 2 is 2.42 bits per heavy atom. The van der Waals surface area contributed by atoms with E-state index >= 15 is 0 Å². The Kier molecular flexibility index (Phi) is 4.98. The van der Waals surface area contributed by atoms with Gasteiger partial charge in [-0.2, -0.15) is 11.8 Å². The molecule has 102 valence electrons. The number of rotatable bonds is 6. The fraction of sp³-hybridized carbons (Fsp3) is 0.417. The van der Waals surface area contributed by atoms with Gasteiger partial charge in [0.15, 0.2) is 0 Å². The van der Waals surface area contributed by atoms with E-state index < -0.39 is 0 Å². The van der Waals surface area contributed by atoms with Gasteiger partial charge in [0, 0.05) is 5.75 Å². The van der Waals surface area contributed by atoms with E-state index in [9.17, 15) is 4.79 Å². The monoisotopic (exact) mass is 298 g/mol. The van der Waals surface area contributed by atoms with Gasteiger partial charge in [0.25, 0.3) is 5.89 Å². The maximum absolute atomic E-state index is 11.2. The van der Waals surface area contributed by atoms with Crippen molar-refractivity contribution in [3.63, 3.8) is 0 Å². The second-order valence-corrected chi connectivity index (χ2v) is 5.90. The first-order valence-corrected chi connectivity index (χ1v) is 7.76. The highest BCUT2D eigenvalue weighted by Gasteiger charge is 2.14. The molecule has 0 N–H and O–H groups in total. The van der Waals surface area contributed by atoms with Crippen LogP contribution >= 0.6 is 23.1 Å². The van der Waals surface area contributed by atoms with Crippen LogP contribution in [0.4, 0.5) is 0 Å². The first-order valence-electron chi connectivity index (χ1n) is 5.72. The number of nitrogens with zero attached hydrogens (tertiary/aromatic N) is 2. The first-order chi connectivity index (χ1) is 9.20. The van der Waals surface area contributed by atoms with Crippen LogP contribution in [0.15, 0.2) is 21.9 Å². The topological polar surface area (TPSA) is 65.2 Å². The van der Waals surface area contributed by atoms with E-state index in [0.29, 0.717) is 23.3 Å². The molecule has 0 radical (unpaired) electrons. The van der Waals surface area contributed by atoms with Crippen LogP contribution in [-0.4, -0.2) is 29.0 Å². The molecule has 5 nitrogen and oxygen atoms in total. The maximum atomic E-state index is 11.2. The highest BCUT2D eigenvalue weighted by molar-refractivity contribution is 7.98. The Morgan fingerprint density at radius 3 is 3.11 bits per heavy atom. The Morgan fingerprint density at radius 1 is 1.58 bits per heavy atom. The highest BCUT2D eigenvalue weighted by Crippen LogP contribution is 2.24. The number of carbonyl (C=O) groups excluding carboxylic acids is 1. The number of esters is 1. The summed E-state index contributed by atoms with van der Waals surface area (Å²) in [7, 11) is 1.40. The normalized spacial score (nSPS) is 12.3. The molecule has 0 spiro atoms. The molecule has 19 heavy (non-hydrogen) atoms. The third-order valence-electron chi connectivity index (χ3n) is 2.40. The average Bonchev–Trinajstić information content (AvgIpc) is 3.07. The van der Waals surface area contributed by atoms with Gasteiger partial charge in [-0.1, -0.05) is 13.0 Å². The summed E-state index contributed by atoms with van der Waals surface area (Å²) in [5, 5.41) is 9.95. The van der Waals surface area contributed by atoms with Gasteiger partial charge in [0.1, 0.15) is 0 Å². The summed E-state index contributed by atoms with van der Waals surface area (Å²) in [4.78, 5) is 12.2. The maximum Gasteiger partial charge on any atom is 0.309 e. The SMILES string of the molecule is COC(=O)[C@H](C)CSCc1nnc(-c2cccs2)o1.